The maximum Gasteiger partial charge on any atom is 0.263 e. The zero-order chi connectivity index (χ0) is 20.1. The Bertz CT molecular complexity index is 1060. The molecule has 0 atom stereocenters. The highest BCUT2D eigenvalue weighted by Crippen LogP contribution is 2.34. The summed E-state index contributed by atoms with van der Waals surface area (Å²) in [6, 6.07) is 12.3. The van der Waals surface area contributed by atoms with E-state index < -0.39 is 11.8 Å². The van der Waals surface area contributed by atoms with E-state index in [1.54, 1.807) is 18.2 Å². The number of phenols is 1. The smallest absolute Gasteiger partial charge is 0.263 e. The number of phenolic OH excluding ortho intramolecular Hbond substituents is 1. The minimum Gasteiger partial charge on any atom is -0.504 e. The highest BCUT2D eigenvalue weighted by atomic mass is 35.5. The van der Waals surface area contributed by atoms with Gasteiger partial charge < -0.3 is 15.2 Å². The Morgan fingerprint density at radius 3 is 2.79 bits per heavy atom. The summed E-state index contributed by atoms with van der Waals surface area (Å²) in [6.45, 7) is -0.273. The summed E-state index contributed by atoms with van der Waals surface area (Å²) in [5.41, 5.74) is 2.65. The number of halogens is 1. The number of para-hydroxylation sites is 1. The van der Waals surface area contributed by atoms with Crippen LogP contribution in [0, 0.1) is 0 Å². The standard InChI is InChI=1S/C19H16ClN3O4S/c1-27-13-7-4-5-11(17(13)25)9-22-23-15(24)10-21-19(26)18-16(20)12-6-2-3-8-14(12)28-18/h2-9,25H,10H2,1H3,(H,21,26)(H,23,24)/b22-9-. The number of aromatic hydroxyl groups is 1. The first kappa shape index (κ1) is 19.7. The van der Waals surface area contributed by atoms with Gasteiger partial charge in [0.15, 0.2) is 11.5 Å². The van der Waals surface area contributed by atoms with E-state index in [-0.39, 0.29) is 12.3 Å². The number of nitrogens with one attached hydrogen (secondary N) is 2. The van der Waals surface area contributed by atoms with Crippen LogP contribution in [0.2, 0.25) is 5.02 Å². The van der Waals surface area contributed by atoms with Gasteiger partial charge in [0.1, 0.15) is 4.88 Å². The summed E-state index contributed by atoms with van der Waals surface area (Å²) in [6.07, 6.45) is 1.28. The summed E-state index contributed by atoms with van der Waals surface area (Å²) in [5, 5.41) is 17.4. The van der Waals surface area contributed by atoms with Crippen LogP contribution in [0.25, 0.3) is 10.1 Å². The van der Waals surface area contributed by atoms with Gasteiger partial charge in [-0.05, 0) is 18.2 Å². The van der Waals surface area contributed by atoms with E-state index in [9.17, 15) is 14.7 Å². The summed E-state index contributed by atoms with van der Waals surface area (Å²) in [7, 11) is 1.43. The number of fused-ring (bicyclic) bond motifs is 1. The average molecular weight is 418 g/mol. The molecule has 1 heterocycles. The molecular formula is C19H16ClN3O4S. The van der Waals surface area contributed by atoms with E-state index in [1.165, 1.54) is 24.7 Å². The van der Waals surface area contributed by atoms with Crippen molar-refractivity contribution in [1.29, 1.82) is 0 Å². The number of methoxy groups -OCH3 is 1. The molecule has 1 aromatic heterocycles. The molecule has 28 heavy (non-hydrogen) atoms. The number of rotatable bonds is 6. The fourth-order valence-corrected chi connectivity index (χ4v) is 3.86. The lowest BCUT2D eigenvalue weighted by atomic mass is 10.2. The highest BCUT2D eigenvalue weighted by molar-refractivity contribution is 7.21. The topological polar surface area (TPSA) is 100 Å². The van der Waals surface area contributed by atoms with Crippen LogP contribution in [0.5, 0.6) is 11.5 Å². The van der Waals surface area contributed by atoms with E-state index >= 15 is 0 Å². The largest absolute Gasteiger partial charge is 0.504 e. The molecule has 2 aromatic carbocycles. The Balaban J connectivity index is 1.57. The lowest BCUT2D eigenvalue weighted by Crippen LogP contribution is -2.34. The van der Waals surface area contributed by atoms with Crippen molar-refractivity contribution < 1.29 is 19.4 Å². The zero-order valence-corrected chi connectivity index (χ0v) is 16.3. The second kappa shape index (κ2) is 8.73. The first-order chi connectivity index (χ1) is 13.5. The molecule has 0 spiro atoms. The van der Waals surface area contributed by atoms with E-state index in [0.29, 0.717) is 21.2 Å². The van der Waals surface area contributed by atoms with Gasteiger partial charge in [-0.25, -0.2) is 5.43 Å². The Kier molecular flexibility index (Phi) is 6.13. The van der Waals surface area contributed by atoms with Crippen molar-refractivity contribution in [3.05, 3.63) is 57.9 Å². The van der Waals surface area contributed by atoms with E-state index in [4.69, 9.17) is 16.3 Å². The first-order valence-corrected chi connectivity index (χ1v) is 9.33. The van der Waals surface area contributed by atoms with Crippen molar-refractivity contribution >= 4 is 51.1 Å². The predicted molar refractivity (Wildman–Crippen MR) is 110 cm³/mol. The van der Waals surface area contributed by atoms with Gasteiger partial charge >= 0.3 is 0 Å². The maximum absolute atomic E-state index is 12.3. The summed E-state index contributed by atoms with van der Waals surface area (Å²) < 4.78 is 5.89. The molecule has 0 bridgehead atoms. The average Bonchev–Trinajstić information content (AvgIpc) is 3.04. The van der Waals surface area contributed by atoms with Crippen molar-refractivity contribution in [2.45, 2.75) is 0 Å². The van der Waals surface area contributed by atoms with Gasteiger partial charge in [-0.1, -0.05) is 35.9 Å². The number of nitrogens with zero attached hydrogens (tertiary/aromatic N) is 1. The number of carbonyl (C=O) groups is 2. The second-order valence-electron chi connectivity index (χ2n) is 5.62. The van der Waals surface area contributed by atoms with Gasteiger partial charge in [0.2, 0.25) is 0 Å². The second-order valence-corrected chi connectivity index (χ2v) is 7.05. The summed E-state index contributed by atoms with van der Waals surface area (Å²) in [5.74, 6) is -0.751. The molecule has 0 fully saturated rings. The van der Waals surface area contributed by atoms with Crippen LogP contribution in [0.1, 0.15) is 15.2 Å². The van der Waals surface area contributed by atoms with Gasteiger partial charge in [-0.15, -0.1) is 11.3 Å². The molecule has 0 aliphatic heterocycles. The Morgan fingerprint density at radius 2 is 2.04 bits per heavy atom. The Hall–Kier alpha value is -3.10. The molecule has 0 saturated heterocycles. The number of thiophene rings is 1. The molecule has 0 unspecified atom stereocenters. The Labute approximate surface area is 169 Å². The van der Waals surface area contributed by atoms with Crippen molar-refractivity contribution in [3.63, 3.8) is 0 Å². The van der Waals surface area contributed by atoms with Crippen molar-refractivity contribution in [2.24, 2.45) is 5.10 Å². The third-order valence-electron chi connectivity index (χ3n) is 3.79. The van der Waals surface area contributed by atoms with Crippen molar-refractivity contribution in [2.75, 3.05) is 13.7 Å². The van der Waals surface area contributed by atoms with Crippen LogP contribution in [0.15, 0.2) is 47.6 Å². The normalized spacial score (nSPS) is 10.9. The fraction of sp³-hybridized carbons (Fsp3) is 0.105. The lowest BCUT2D eigenvalue weighted by Gasteiger charge is -2.05. The molecular weight excluding hydrogens is 402 g/mol. The number of hydrogen-bond acceptors (Lipinski definition) is 6. The molecule has 3 aromatic rings. The number of benzene rings is 2. The van der Waals surface area contributed by atoms with Crippen molar-refractivity contribution in [3.8, 4) is 11.5 Å². The molecule has 2 amide bonds. The minimum absolute atomic E-state index is 0.0873. The number of hydrazone groups is 1. The number of hydrogen-bond donors (Lipinski definition) is 3. The van der Waals surface area contributed by atoms with E-state index in [1.807, 2.05) is 24.3 Å². The van der Waals surface area contributed by atoms with Crippen LogP contribution in [0.3, 0.4) is 0 Å². The van der Waals surface area contributed by atoms with Crippen LogP contribution in [-0.2, 0) is 4.79 Å². The molecule has 0 aliphatic carbocycles. The molecule has 144 valence electrons. The van der Waals surface area contributed by atoms with Gasteiger partial charge in [-0.2, -0.15) is 5.10 Å². The molecule has 9 heteroatoms. The molecule has 0 saturated carbocycles. The minimum atomic E-state index is -0.524. The monoisotopic (exact) mass is 417 g/mol. The summed E-state index contributed by atoms with van der Waals surface area (Å²) in [4.78, 5) is 24.5. The van der Waals surface area contributed by atoms with E-state index in [2.05, 4.69) is 15.8 Å². The molecule has 3 N–H and O–H groups in total. The third kappa shape index (κ3) is 4.24. The van der Waals surface area contributed by atoms with Gasteiger partial charge in [0.05, 0.1) is 24.9 Å². The SMILES string of the molecule is COc1cccc(/C=N\NC(=O)CNC(=O)c2sc3ccccc3c2Cl)c1O. The predicted octanol–water partition coefficient (Wildman–Crippen LogP) is 3.15. The molecule has 0 radical (unpaired) electrons. The number of amides is 2. The first-order valence-electron chi connectivity index (χ1n) is 8.14. The van der Waals surface area contributed by atoms with Crippen LogP contribution >= 0.6 is 22.9 Å². The van der Waals surface area contributed by atoms with Crippen molar-refractivity contribution in [1.82, 2.24) is 10.7 Å². The number of carbonyl (C=O) groups excluding carboxylic acids is 2. The molecule has 3 rings (SSSR count). The van der Waals surface area contributed by atoms with Gasteiger partial charge in [-0.3, -0.25) is 9.59 Å². The Morgan fingerprint density at radius 1 is 1.25 bits per heavy atom. The third-order valence-corrected chi connectivity index (χ3v) is 5.47. The summed E-state index contributed by atoms with van der Waals surface area (Å²) >= 11 is 7.51. The molecule has 0 aliphatic rings. The van der Waals surface area contributed by atoms with Gasteiger partial charge in [0, 0.05) is 15.6 Å². The van der Waals surface area contributed by atoms with Crippen LogP contribution < -0.4 is 15.5 Å². The van der Waals surface area contributed by atoms with E-state index in [0.717, 1.165) is 10.1 Å². The van der Waals surface area contributed by atoms with Crippen LogP contribution in [0.4, 0.5) is 0 Å². The molecule has 7 nitrogen and oxygen atoms in total. The van der Waals surface area contributed by atoms with Crippen LogP contribution in [-0.4, -0.2) is 36.8 Å². The zero-order valence-electron chi connectivity index (χ0n) is 14.7. The maximum atomic E-state index is 12.3. The number of ether oxygens (including phenoxy) is 1. The highest BCUT2D eigenvalue weighted by Gasteiger charge is 2.17. The quantitative estimate of drug-likeness (QED) is 0.423. The fourth-order valence-electron chi connectivity index (χ4n) is 2.42. The van der Waals surface area contributed by atoms with Gasteiger partial charge in [0.25, 0.3) is 11.8 Å². The lowest BCUT2D eigenvalue weighted by molar-refractivity contribution is -0.120.